The maximum absolute atomic E-state index is 13.6. The first kappa shape index (κ1) is 23.5. The summed E-state index contributed by atoms with van der Waals surface area (Å²) in [5, 5.41) is 21.0. The number of nitrogens with zero attached hydrogens (tertiary/aromatic N) is 1. The number of hydrogen-bond acceptors (Lipinski definition) is 4. The molecule has 11 heteroatoms. The number of carbonyl (C=O) groups excluding carboxylic acids is 1. The summed E-state index contributed by atoms with van der Waals surface area (Å²) in [6.45, 7) is 1.31. The molecule has 1 aromatic heterocycles. The molecule has 0 aliphatic rings. The molecule has 1 heterocycles. The van der Waals surface area contributed by atoms with Crippen molar-refractivity contribution in [1.29, 1.82) is 0 Å². The minimum absolute atomic E-state index is 0.114. The Morgan fingerprint density at radius 2 is 1.71 bits per heavy atom. The molecule has 0 aliphatic heterocycles. The molecule has 0 radical (unpaired) electrons. The third kappa shape index (κ3) is 5.87. The summed E-state index contributed by atoms with van der Waals surface area (Å²) in [7, 11) is 0. The van der Waals surface area contributed by atoms with Crippen LogP contribution in [0.3, 0.4) is 0 Å². The van der Waals surface area contributed by atoms with Crippen LogP contribution >= 0.6 is 0 Å². The maximum atomic E-state index is 13.6. The number of carboxylic acids is 1. The number of hydrogen-bond donors (Lipinski definition) is 3. The van der Waals surface area contributed by atoms with Gasteiger partial charge < -0.3 is 15.5 Å². The number of nitrogens with one attached hydrogen (secondary N) is 1. The van der Waals surface area contributed by atoms with Gasteiger partial charge in [0, 0.05) is 24.1 Å². The Balaban J connectivity index is 0.000000423. The Morgan fingerprint density at radius 3 is 2.26 bits per heavy atom. The summed E-state index contributed by atoms with van der Waals surface area (Å²) in [6.07, 6.45) is -3.54. The molecule has 6 nitrogen and oxygen atoms in total. The number of aliphatic carboxylic acids is 1. The van der Waals surface area contributed by atoms with Crippen molar-refractivity contribution in [3.63, 3.8) is 0 Å². The van der Waals surface area contributed by atoms with Crippen molar-refractivity contribution < 1.29 is 41.8 Å². The monoisotopic (exact) mass is 442 g/mol. The molecule has 3 rings (SSSR count). The molecule has 3 aromatic rings. The number of amides is 1. The quantitative estimate of drug-likeness (QED) is 0.531. The van der Waals surface area contributed by atoms with Crippen LogP contribution in [-0.4, -0.2) is 33.2 Å². The van der Waals surface area contributed by atoms with Gasteiger partial charge in [-0.05, 0) is 23.8 Å². The zero-order valence-corrected chi connectivity index (χ0v) is 15.7. The topological polar surface area (TPSA) is 99.5 Å². The summed E-state index contributed by atoms with van der Waals surface area (Å²) < 4.78 is 58.5. The van der Waals surface area contributed by atoms with Crippen molar-refractivity contribution in [1.82, 2.24) is 10.3 Å². The molecule has 31 heavy (non-hydrogen) atoms. The summed E-state index contributed by atoms with van der Waals surface area (Å²) in [5.41, 5.74) is 1.03. The molecule has 0 bridgehead atoms. The van der Waals surface area contributed by atoms with E-state index >= 15 is 0 Å². The summed E-state index contributed by atoms with van der Waals surface area (Å²) in [5.74, 6) is -5.25. The van der Waals surface area contributed by atoms with E-state index < -0.39 is 29.8 Å². The number of pyridine rings is 1. The van der Waals surface area contributed by atoms with Crippen molar-refractivity contribution in [2.45, 2.75) is 19.1 Å². The van der Waals surface area contributed by atoms with Crippen LogP contribution in [0.25, 0.3) is 10.9 Å². The van der Waals surface area contributed by atoms with Crippen molar-refractivity contribution in [3.8, 4) is 5.75 Å². The highest BCUT2D eigenvalue weighted by atomic mass is 19.4. The first-order chi connectivity index (χ1) is 14.4. The number of aromatic hydroxyl groups is 1. The number of phenolic OH excluding ortho intramolecular Hbond substituents is 1. The molecule has 0 aliphatic carbocycles. The van der Waals surface area contributed by atoms with Crippen LogP contribution in [0, 0.1) is 11.6 Å². The Kier molecular flexibility index (Phi) is 7.11. The van der Waals surface area contributed by atoms with Crippen molar-refractivity contribution in [3.05, 3.63) is 71.4 Å². The van der Waals surface area contributed by atoms with Gasteiger partial charge in [0.15, 0.2) is 11.6 Å². The Bertz CT molecular complexity index is 1120. The van der Waals surface area contributed by atoms with Crippen LogP contribution in [0.1, 0.15) is 24.1 Å². The number of carboxylic acid groups (broad SMARTS) is 1. The largest absolute Gasteiger partial charge is 0.505 e. The lowest BCUT2D eigenvalue weighted by atomic mass is 9.96. The molecule has 1 unspecified atom stereocenters. The lowest BCUT2D eigenvalue weighted by molar-refractivity contribution is -0.192. The highest BCUT2D eigenvalue weighted by Gasteiger charge is 2.38. The normalized spacial score (nSPS) is 11.9. The third-order valence-electron chi connectivity index (χ3n) is 3.96. The van der Waals surface area contributed by atoms with Gasteiger partial charge in [-0.25, -0.2) is 13.6 Å². The van der Waals surface area contributed by atoms with Crippen LogP contribution < -0.4 is 5.32 Å². The molecule has 0 fully saturated rings. The zero-order valence-electron chi connectivity index (χ0n) is 15.7. The number of benzene rings is 2. The van der Waals surface area contributed by atoms with Gasteiger partial charge in [0.1, 0.15) is 11.3 Å². The minimum atomic E-state index is -5.08. The first-order valence-corrected chi connectivity index (χ1v) is 8.50. The predicted molar refractivity (Wildman–Crippen MR) is 99.1 cm³/mol. The molecule has 164 valence electrons. The number of aromatic nitrogens is 1. The van der Waals surface area contributed by atoms with Gasteiger partial charge in [-0.15, -0.1) is 0 Å². The average molecular weight is 442 g/mol. The Hall–Kier alpha value is -3.76. The standard InChI is InChI=1S/C18H14F2N2O2.C2HF3O2/c1-10(23)22-16(12-5-7-14(19)15(20)9-12)13-6-4-11-3-2-8-21-17(11)18(13)24;3-2(4,5)1(6)7/h2-9,16,24H,1H3,(H,22,23);(H,6,7). The molecule has 0 saturated heterocycles. The fourth-order valence-corrected chi connectivity index (χ4v) is 2.61. The fourth-order valence-electron chi connectivity index (χ4n) is 2.61. The van der Waals surface area contributed by atoms with Gasteiger partial charge in [-0.2, -0.15) is 13.2 Å². The van der Waals surface area contributed by atoms with E-state index in [1.54, 1.807) is 24.3 Å². The van der Waals surface area contributed by atoms with Crippen LogP contribution in [0.15, 0.2) is 48.7 Å². The van der Waals surface area contributed by atoms with E-state index in [1.807, 2.05) is 0 Å². The number of halogens is 5. The van der Waals surface area contributed by atoms with Gasteiger partial charge in [-0.1, -0.05) is 24.3 Å². The minimum Gasteiger partial charge on any atom is -0.505 e. The number of phenols is 1. The Morgan fingerprint density at radius 1 is 1.06 bits per heavy atom. The fraction of sp³-hybridized carbons (Fsp3) is 0.150. The average Bonchev–Trinajstić information content (AvgIpc) is 2.69. The highest BCUT2D eigenvalue weighted by molar-refractivity contribution is 5.86. The summed E-state index contributed by atoms with van der Waals surface area (Å²) in [4.78, 5) is 24.6. The van der Waals surface area contributed by atoms with E-state index in [9.17, 15) is 31.9 Å². The number of rotatable bonds is 3. The van der Waals surface area contributed by atoms with Crippen LogP contribution in [0.4, 0.5) is 22.0 Å². The van der Waals surface area contributed by atoms with Gasteiger partial charge in [0.05, 0.1) is 6.04 Å². The van der Waals surface area contributed by atoms with E-state index in [2.05, 4.69) is 10.3 Å². The van der Waals surface area contributed by atoms with E-state index in [4.69, 9.17) is 9.90 Å². The summed E-state index contributed by atoms with van der Waals surface area (Å²) >= 11 is 0. The molecule has 1 amide bonds. The molecule has 3 N–H and O–H groups in total. The zero-order chi connectivity index (χ0) is 23.3. The molecule has 1 atom stereocenters. The number of fused-ring (bicyclic) bond motifs is 1. The second-order valence-electron chi connectivity index (χ2n) is 6.19. The molecule has 0 spiro atoms. The second-order valence-corrected chi connectivity index (χ2v) is 6.19. The van der Waals surface area contributed by atoms with E-state index in [1.165, 1.54) is 19.2 Å². The SMILES string of the molecule is CC(=O)NC(c1ccc(F)c(F)c1)c1ccc2cccnc2c1O.O=C(O)C(F)(F)F. The van der Waals surface area contributed by atoms with Crippen LogP contribution in [-0.2, 0) is 9.59 Å². The number of alkyl halides is 3. The molecular formula is C20H15F5N2O4. The van der Waals surface area contributed by atoms with E-state index in [0.29, 0.717) is 16.6 Å². The maximum Gasteiger partial charge on any atom is 0.490 e. The third-order valence-corrected chi connectivity index (χ3v) is 3.96. The number of carbonyl (C=O) groups is 2. The van der Waals surface area contributed by atoms with E-state index in [-0.39, 0.29) is 11.7 Å². The predicted octanol–water partition coefficient (Wildman–Crippen LogP) is 4.08. The van der Waals surface area contributed by atoms with Gasteiger partial charge in [0.2, 0.25) is 5.91 Å². The van der Waals surface area contributed by atoms with Crippen molar-refractivity contribution in [2.24, 2.45) is 0 Å². The molecule has 0 saturated carbocycles. The molecular weight excluding hydrogens is 427 g/mol. The molecule has 2 aromatic carbocycles. The lowest BCUT2D eigenvalue weighted by Gasteiger charge is -2.20. The van der Waals surface area contributed by atoms with Crippen LogP contribution in [0.5, 0.6) is 5.75 Å². The van der Waals surface area contributed by atoms with Crippen molar-refractivity contribution >= 4 is 22.8 Å². The first-order valence-electron chi connectivity index (χ1n) is 8.50. The van der Waals surface area contributed by atoms with E-state index in [0.717, 1.165) is 17.5 Å². The van der Waals surface area contributed by atoms with Gasteiger partial charge in [0.25, 0.3) is 0 Å². The smallest absolute Gasteiger partial charge is 0.490 e. The lowest BCUT2D eigenvalue weighted by Crippen LogP contribution is -2.27. The Labute approximate surface area is 172 Å². The second kappa shape index (κ2) is 9.37. The van der Waals surface area contributed by atoms with Crippen molar-refractivity contribution in [2.75, 3.05) is 0 Å². The highest BCUT2D eigenvalue weighted by Crippen LogP contribution is 2.34. The van der Waals surface area contributed by atoms with Crippen LogP contribution in [0.2, 0.25) is 0 Å². The van der Waals surface area contributed by atoms with Gasteiger partial charge >= 0.3 is 12.1 Å². The summed E-state index contributed by atoms with van der Waals surface area (Å²) in [6, 6.07) is 9.41. The van der Waals surface area contributed by atoms with Gasteiger partial charge in [-0.3, -0.25) is 9.78 Å².